The molecule has 1 atom stereocenters. The highest BCUT2D eigenvalue weighted by atomic mass is 32.2. The van der Waals surface area contributed by atoms with E-state index < -0.39 is 0 Å². The summed E-state index contributed by atoms with van der Waals surface area (Å²) in [6.45, 7) is 11.6. The van der Waals surface area contributed by atoms with Gasteiger partial charge in [0.25, 0.3) is 0 Å². The van der Waals surface area contributed by atoms with Crippen LogP contribution in [0.1, 0.15) is 40.5 Å². The molecule has 0 saturated heterocycles. The third kappa shape index (κ3) is 6.72. The van der Waals surface area contributed by atoms with Crippen molar-refractivity contribution in [1.29, 1.82) is 0 Å². The first-order valence-corrected chi connectivity index (χ1v) is 7.11. The summed E-state index contributed by atoms with van der Waals surface area (Å²) in [5.41, 5.74) is 0.441. The normalized spacial score (nSPS) is 14.4. The molecule has 1 nitrogen and oxygen atoms in total. The molecular weight excluding hydrogens is 190 g/mol. The van der Waals surface area contributed by atoms with Crippen LogP contribution >= 0.6 is 11.8 Å². The van der Waals surface area contributed by atoms with E-state index in [2.05, 4.69) is 39.3 Å². The fourth-order valence-electron chi connectivity index (χ4n) is 1.55. The van der Waals surface area contributed by atoms with E-state index in [4.69, 9.17) is 0 Å². The number of rotatable bonds is 7. The Morgan fingerprint density at radius 1 is 1.29 bits per heavy atom. The van der Waals surface area contributed by atoms with Crippen LogP contribution in [0.2, 0.25) is 0 Å². The lowest BCUT2D eigenvalue weighted by molar-refractivity contribution is 0.227. The largest absolute Gasteiger partial charge is 0.316 e. The Hall–Kier alpha value is 0.310. The summed E-state index contributed by atoms with van der Waals surface area (Å²) in [6.07, 6.45) is 4.76. The van der Waals surface area contributed by atoms with E-state index in [1.165, 1.54) is 25.1 Å². The average Bonchev–Trinajstić information content (AvgIpc) is 2.09. The molecule has 0 saturated carbocycles. The average molecular weight is 217 g/mol. The maximum absolute atomic E-state index is 3.54. The third-order valence-electron chi connectivity index (χ3n) is 2.71. The van der Waals surface area contributed by atoms with Crippen LogP contribution in [0.3, 0.4) is 0 Å². The zero-order valence-electron chi connectivity index (χ0n) is 10.5. The second-order valence-electron chi connectivity index (χ2n) is 5.05. The van der Waals surface area contributed by atoms with Gasteiger partial charge in [-0.25, -0.2) is 0 Å². The molecule has 0 aliphatic carbocycles. The molecule has 0 amide bonds. The van der Waals surface area contributed by atoms with Crippen LogP contribution in [0.15, 0.2) is 0 Å². The Bertz CT molecular complexity index is 129. The van der Waals surface area contributed by atoms with E-state index in [0.717, 1.165) is 12.5 Å². The summed E-state index contributed by atoms with van der Waals surface area (Å²) in [7, 11) is 0. The molecule has 0 bridgehead atoms. The Kier molecular flexibility index (Phi) is 7.75. The molecule has 0 aromatic carbocycles. The lowest BCUT2D eigenvalue weighted by atomic mass is 9.79. The molecule has 86 valence electrons. The Balaban J connectivity index is 3.85. The van der Waals surface area contributed by atoms with Crippen molar-refractivity contribution in [2.75, 3.05) is 25.1 Å². The summed E-state index contributed by atoms with van der Waals surface area (Å²) in [4.78, 5) is 0. The fourth-order valence-corrected chi connectivity index (χ4v) is 2.07. The molecule has 1 N–H and O–H groups in total. The van der Waals surface area contributed by atoms with Gasteiger partial charge in [0.05, 0.1) is 0 Å². The molecule has 0 rings (SSSR count). The van der Waals surface area contributed by atoms with Gasteiger partial charge in [-0.2, -0.15) is 11.8 Å². The second kappa shape index (κ2) is 7.58. The summed E-state index contributed by atoms with van der Waals surface area (Å²) in [5.74, 6) is 2.09. The van der Waals surface area contributed by atoms with Crippen molar-refractivity contribution in [3.05, 3.63) is 0 Å². The molecule has 14 heavy (non-hydrogen) atoms. The molecule has 0 aliphatic rings. The standard InChI is InChI=1S/C12H27NS/c1-6-8-13-10-11(7-9-14-5)12(2,3)4/h11,13H,6-10H2,1-5H3. The molecule has 0 radical (unpaired) electrons. The first kappa shape index (κ1) is 14.3. The highest BCUT2D eigenvalue weighted by Crippen LogP contribution is 2.28. The van der Waals surface area contributed by atoms with Crippen LogP contribution < -0.4 is 5.32 Å². The molecule has 0 fully saturated rings. The molecule has 1 unspecified atom stereocenters. The van der Waals surface area contributed by atoms with Crippen LogP contribution in [-0.4, -0.2) is 25.1 Å². The molecule has 0 aliphatic heterocycles. The van der Waals surface area contributed by atoms with Crippen molar-refractivity contribution in [2.45, 2.75) is 40.5 Å². The van der Waals surface area contributed by atoms with Gasteiger partial charge in [-0.3, -0.25) is 0 Å². The van der Waals surface area contributed by atoms with Gasteiger partial charge in [0.1, 0.15) is 0 Å². The van der Waals surface area contributed by atoms with Gasteiger partial charge >= 0.3 is 0 Å². The van der Waals surface area contributed by atoms with Gasteiger partial charge in [-0.15, -0.1) is 0 Å². The van der Waals surface area contributed by atoms with Gasteiger partial charge in [0.2, 0.25) is 0 Å². The van der Waals surface area contributed by atoms with Gasteiger partial charge in [-0.1, -0.05) is 27.7 Å². The smallest absolute Gasteiger partial charge is 0.00152 e. The quantitative estimate of drug-likeness (QED) is 0.656. The van der Waals surface area contributed by atoms with E-state index in [9.17, 15) is 0 Å². The van der Waals surface area contributed by atoms with E-state index in [1.807, 2.05) is 11.8 Å². The molecule has 0 heterocycles. The minimum absolute atomic E-state index is 0.441. The SMILES string of the molecule is CCCNCC(CCSC)C(C)(C)C. The Morgan fingerprint density at radius 2 is 1.93 bits per heavy atom. The summed E-state index contributed by atoms with van der Waals surface area (Å²) in [6, 6.07) is 0. The Labute approximate surface area is 94.4 Å². The molecule has 0 aromatic heterocycles. The van der Waals surface area contributed by atoms with E-state index in [-0.39, 0.29) is 0 Å². The van der Waals surface area contributed by atoms with Crippen LogP contribution in [-0.2, 0) is 0 Å². The summed E-state index contributed by atoms with van der Waals surface area (Å²) < 4.78 is 0. The van der Waals surface area contributed by atoms with Gasteiger partial charge in [-0.05, 0) is 49.3 Å². The maximum Gasteiger partial charge on any atom is -0.00152 e. The van der Waals surface area contributed by atoms with Crippen molar-refractivity contribution < 1.29 is 0 Å². The van der Waals surface area contributed by atoms with Crippen molar-refractivity contribution in [3.8, 4) is 0 Å². The fraction of sp³-hybridized carbons (Fsp3) is 1.00. The van der Waals surface area contributed by atoms with Crippen molar-refractivity contribution in [2.24, 2.45) is 11.3 Å². The van der Waals surface area contributed by atoms with Gasteiger partial charge < -0.3 is 5.32 Å². The topological polar surface area (TPSA) is 12.0 Å². The third-order valence-corrected chi connectivity index (χ3v) is 3.36. The Morgan fingerprint density at radius 3 is 2.36 bits per heavy atom. The molecule has 2 heteroatoms. The molecule has 0 aromatic rings. The number of nitrogens with one attached hydrogen (secondary N) is 1. The zero-order chi connectivity index (χ0) is 11.0. The van der Waals surface area contributed by atoms with E-state index in [1.54, 1.807) is 0 Å². The predicted octanol–water partition coefficient (Wildman–Crippen LogP) is 3.40. The zero-order valence-corrected chi connectivity index (χ0v) is 11.3. The van der Waals surface area contributed by atoms with E-state index in [0.29, 0.717) is 5.41 Å². The van der Waals surface area contributed by atoms with Crippen LogP contribution in [0.4, 0.5) is 0 Å². The van der Waals surface area contributed by atoms with Crippen LogP contribution in [0.5, 0.6) is 0 Å². The van der Waals surface area contributed by atoms with Crippen LogP contribution in [0.25, 0.3) is 0 Å². The second-order valence-corrected chi connectivity index (χ2v) is 6.03. The van der Waals surface area contributed by atoms with Gasteiger partial charge in [0.15, 0.2) is 0 Å². The predicted molar refractivity (Wildman–Crippen MR) is 69.1 cm³/mol. The molecular formula is C12H27NS. The van der Waals surface area contributed by atoms with Gasteiger partial charge in [0, 0.05) is 0 Å². The number of hydrogen-bond donors (Lipinski definition) is 1. The van der Waals surface area contributed by atoms with E-state index >= 15 is 0 Å². The first-order valence-electron chi connectivity index (χ1n) is 5.72. The monoisotopic (exact) mass is 217 g/mol. The van der Waals surface area contributed by atoms with Crippen molar-refractivity contribution in [1.82, 2.24) is 5.32 Å². The first-order chi connectivity index (χ1) is 6.52. The van der Waals surface area contributed by atoms with Crippen molar-refractivity contribution >= 4 is 11.8 Å². The minimum atomic E-state index is 0.441. The number of hydrogen-bond acceptors (Lipinski definition) is 2. The van der Waals surface area contributed by atoms with Crippen molar-refractivity contribution in [3.63, 3.8) is 0 Å². The highest BCUT2D eigenvalue weighted by molar-refractivity contribution is 7.98. The summed E-state index contributed by atoms with van der Waals surface area (Å²) >= 11 is 1.96. The highest BCUT2D eigenvalue weighted by Gasteiger charge is 2.23. The van der Waals surface area contributed by atoms with Crippen LogP contribution in [0, 0.1) is 11.3 Å². The number of thioether (sulfide) groups is 1. The lowest BCUT2D eigenvalue weighted by Gasteiger charge is -2.31. The lowest BCUT2D eigenvalue weighted by Crippen LogP contribution is -2.32. The minimum Gasteiger partial charge on any atom is -0.316 e. The molecule has 0 spiro atoms. The summed E-state index contributed by atoms with van der Waals surface area (Å²) in [5, 5.41) is 3.54. The maximum atomic E-state index is 3.54.